The highest BCUT2D eigenvalue weighted by Crippen LogP contribution is 2.34. The van der Waals surface area contributed by atoms with E-state index in [0.29, 0.717) is 0 Å². The summed E-state index contributed by atoms with van der Waals surface area (Å²) in [6.45, 7) is 7.02. The minimum absolute atomic E-state index is 0. The fourth-order valence-corrected chi connectivity index (χ4v) is 3.08. The zero-order chi connectivity index (χ0) is 11.1. The normalized spacial score (nSPS) is 27.2. The molecule has 1 aliphatic rings. The van der Waals surface area contributed by atoms with Gasteiger partial charge in [0, 0.05) is 12.3 Å². The van der Waals surface area contributed by atoms with E-state index in [9.17, 15) is 0 Å². The lowest BCUT2D eigenvalue weighted by Crippen LogP contribution is -2.31. The standard InChI is InChI=1S/C13H27NS.ClH/c1-3-12(10-14-7-8-15)13-6-4-5-11(2)9-13;/h11-15H,3-10H2,1-2H3;1H. The van der Waals surface area contributed by atoms with E-state index in [1.54, 1.807) is 0 Å². The second-order valence-electron chi connectivity index (χ2n) is 5.13. The molecule has 0 bridgehead atoms. The molecule has 1 nitrogen and oxygen atoms in total. The average molecular weight is 266 g/mol. The minimum atomic E-state index is 0. The van der Waals surface area contributed by atoms with Gasteiger partial charge in [0.1, 0.15) is 0 Å². The summed E-state index contributed by atoms with van der Waals surface area (Å²) in [5.41, 5.74) is 0. The Morgan fingerprint density at radius 2 is 2.12 bits per heavy atom. The molecule has 0 spiro atoms. The van der Waals surface area contributed by atoms with E-state index in [-0.39, 0.29) is 12.4 Å². The number of thiol groups is 1. The molecule has 16 heavy (non-hydrogen) atoms. The Morgan fingerprint density at radius 1 is 1.38 bits per heavy atom. The highest BCUT2D eigenvalue weighted by Gasteiger charge is 2.25. The first-order chi connectivity index (χ1) is 7.27. The van der Waals surface area contributed by atoms with Gasteiger partial charge >= 0.3 is 0 Å². The van der Waals surface area contributed by atoms with Crippen LogP contribution in [0.25, 0.3) is 0 Å². The van der Waals surface area contributed by atoms with Crippen molar-refractivity contribution in [3.05, 3.63) is 0 Å². The third kappa shape index (κ3) is 5.79. The van der Waals surface area contributed by atoms with Gasteiger partial charge in [-0.25, -0.2) is 0 Å². The molecule has 0 aliphatic heterocycles. The van der Waals surface area contributed by atoms with E-state index in [0.717, 1.165) is 30.1 Å². The maximum absolute atomic E-state index is 4.23. The van der Waals surface area contributed by atoms with Gasteiger partial charge in [0.2, 0.25) is 0 Å². The van der Waals surface area contributed by atoms with Crippen LogP contribution in [0.3, 0.4) is 0 Å². The molecular weight excluding hydrogens is 238 g/mol. The molecular formula is C13H28ClNS. The Hall–Kier alpha value is 0.600. The first kappa shape index (κ1) is 16.6. The number of halogens is 1. The van der Waals surface area contributed by atoms with Crippen molar-refractivity contribution >= 4 is 25.0 Å². The van der Waals surface area contributed by atoms with Gasteiger partial charge in [0.25, 0.3) is 0 Å². The van der Waals surface area contributed by atoms with Crippen molar-refractivity contribution in [3.8, 4) is 0 Å². The Labute approximate surface area is 113 Å². The second-order valence-corrected chi connectivity index (χ2v) is 5.58. The van der Waals surface area contributed by atoms with Crippen LogP contribution in [0.5, 0.6) is 0 Å². The molecule has 0 saturated heterocycles. The second kappa shape index (κ2) is 9.61. The van der Waals surface area contributed by atoms with Crippen molar-refractivity contribution in [1.82, 2.24) is 5.32 Å². The smallest absolute Gasteiger partial charge is 0.00398 e. The van der Waals surface area contributed by atoms with Crippen LogP contribution in [0.15, 0.2) is 0 Å². The van der Waals surface area contributed by atoms with E-state index >= 15 is 0 Å². The van der Waals surface area contributed by atoms with Gasteiger partial charge < -0.3 is 5.32 Å². The third-order valence-corrected chi connectivity index (χ3v) is 4.09. The van der Waals surface area contributed by atoms with Crippen LogP contribution in [0, 0.1) is 17.8 Å². The Bertz CT molecular complexity index is 166. The van der Waals surface area contributed by atoms with Crippen LogP contribution >= 0.6 is 25.0 Å². The van der Waals surface area contributed by atoms with Gasteiger partial charge in [0.15, 0.2) is 0 Å². The van der Waals surface area contributed by atoms with Crippen molar-refractivity contribution in [2.75, 3.05) is 18.8 Å². The molecule has 0 aromatic carbocycles. The van der Waals surface area contributed by atoms with Gasteiger partial charge in [-0.1, -0.05) is 39.5 Å². The molecule has 0 aromatic heterocycles. The summed E-state index contributed by atoms with van der Waals surface area (Å²) in [5, 5.41) is 3.52. The van der Waals surface area contributed by atoms with Crippen LogP contribution in [0.1, 0.15) is 46.0 Å². The zero-order valence-electron chi connectivity index (χ0n) is 10.7. The maximum atomic E-state index is 4.23. The van der Waals surface area contributed by atoms with E-state index < -0.39 is 0 Å². The third-order valence-electron chi connectivity index (χ3n) is 3.86. The lowest BCUT2D eigenvalue weighted by atomic mass is 9.75. The lowest BCUT2D eigenvalue weighted by Gasteiger charge is -2.33. The first-order valence-electron chi connectivity index (χ1n) is 6.59. The van der Waals surface area contributed by atoms with Crippen LogP contribution in [0.4, 0.5) is 0 Å². The van der Waals surface area contributed by atoms with E-state index in [1.165, 1.54) is 38.6 Å². The fourth-order valence-electron chi connectivity index (χ4n) is 2.92. The predicted octanol–water partition coefficient (Wildman–Crippen LogP) is 3.78. The molecule has 1 N–H and O–H groups in total. The van der Waals surface area contributed by atoms with Crippen LogP contribution in [-0.4, -0.2) is 18.8 Å². The molecule has 0 heterocycles. The molecule has 0 aromatic rings. The summed E-state index contributed by atoms with van der Waals surface area (Å²) in [5.74, 6) is 3.79. The predicted molar refractivity (Wildman–Crippen MR) is 78.9 cm³/mol. The molecule has 1 fully saturated rings. The quantitative estimate of drug-likeness (QED) is 0.550. The van der Waals surface area contributed by atoms with Crippen LogP contribution in [0.2, 0.25) is 0 Å². The van der Waals surface area contributed by atoms with E-state index in [4.69, 9.17) is 0 Å². The average Bonchev–Trinajstić information content (AvgIpc) is 2.24. The largest absolute Gasteiger partial charge is 0.316 e. The van der Waals surface area contributed by atoms with Crippen LogP contribution < -0.4 is 5.32 Å². The monoisotopic (exact) mass is 265 g/mol. The summed E-state index contributed by atoms with van der Waals surface area (Å²) in [4.78, 5) is 0. The molecule has 3 atom stereocenters. The summed E-state index contributed by atoms with van der Waals surface area (Å²) in [6, 6.07) is 0. The van der Waals surface area contributed by atoms with Gasteiger partial charge in [-0.15, -0.1) is 12.4 Å². The topological polar surface area (TPSA) is 12.0 Å². The summed E-state index contributed by atoms with van der Waals surface area (Å²) in [7, 11) is 0. The van der Waals surface area contributed by atoms with Crippen molar-refractivity contribution in [1.29, 1.82) is 0 Å². The van der Waals surface area contributed by atoms with Crippen molar-refractivity contribution in [2.45, 2.75) is 46.0 Å². The molecule has 1 aliphatic carbocycles. The zero-order valence-corrected chi connectivity index (χ0v) is 12.5. The van der Waals surface area contributed by atoms with Gasteiger partial charge in [-0.05, 0) is 30.7 Å². The van der Waals surface area contributed by atoms with Crippen molar-refractivity contribution in [2.24, 2.45) is 17.8 Å². The summed E-state index contributed by atoms with van der Waals surface area (Å²) >= 11 is 4.23. The van der Waals surface area contributed by atoms with Crippen LogP contribution in [-0.2, 0) is 0 Å². The van der Waals surface area contributed by atoms with Crippen molar-refractivity contribution < 1.29 is 0 Å². The first-order valence-corrected chi connectivity index (χ1v) is 7.22. The molecule has 3 unspecified atom stereocenters. The minimum Gasteiger partial charge on any atom is -0.316 e. The van der Waals surface area contributed by atoms with Gasteiger partial charge in [-0.3, -0.25) is 0 Å². The number of rotatable bonds is 6. The molecule has 1 saturated carbocycles. The Balaban J connectivity index is 0.00000225. The number of nitrogens with one attached hydrogen (secondary N) is 1. The molecule has 0 amide bonds. The van der Waals surface area contributed by atoms with Gasteiger partial charge in [-0.2, -0.15) is 12.6 Å². The lowest BCUT2D eigenvalue weighted by molar-refractivity contribution is 0.196. The summed E-state index contributed by atoms with van der Waals surface area (Å²) < 4.78 is 0. The molecule has 1 rings (SSSR count). The highest BCUT2D eigenvalue weighted by atomic mass is 35.5. The molecule has 3 heteroatoms. The number of hydrogen-bond acceptors (Lipinski definition) is 2. The SMILES string of the molecule is CCC(CNCCS)C1CCCC(C)C1.Cl. The van der Waals surface area contributed by atoms with Gasteiger partial charge in [0.05, 0.1) is 0 Å². The fraction of sp³-hybridized carbons (Fsp3) is 1.00. The van der Waals surface area contributed by atoms with E-state index in [2.05, 4.69) is 31.8 Å². The number of hydrogen-bond donors (Lipinski definition) is 2. The summed E-state index contributed by atoms with van der Waals surface area (Å²) in [6.07, 6.45) is 7.16. The maximum Gasteiger partial charge on any atom is 0.00398 e. The highest BCUT2D eigenvalue weighted by molar-refractivity contribution is 7.80. The van der Waals surface area contributed by atoms with E-state index in [1.807, 2.05) is 0 Å². The Morgan fingerprint density at radius 3 is 2.69 bits per heavy atom. The molecule has 98 valence electrons. The Kier molecular flexibility index (Phi) is 9.97. The van der Waals surface area contributed by atoms with Crippen molar-refractivity contribution in [3.63, 3.8) is 0 Å². The molecule has 0 radical (unpaired) electrons.